The van der Waals surface area contributed by atoms with Crippen LogP contribution in [-0.2, 0) is 6.54 Å². The minimum atomic E-state index is 0.515. The number of aryl methyl sites for hydroxylation is 1. The summed E-state index contributed by atoms with van der Waals surface area (Å²) in [6.45, 7) is 2.82. The molecule has 0 bridgehead atoms. The van der Waals surface area contributed by atoms with Gasteiger partial charge in [-0.05, 0) is 55.5 Å². The van der Waals surface area contributed by atoms with Crippen LogP contribution in [0.3, 0.4) is 0 Å². The molecule has 0 N–H and O–H groups in total. The molecule has 176 valence electrons. The fourth-order valence-electron chi connectivity index (χ4n) is 4.43. The molecule has 0 unspecified atom stereocenters. The molecule has 6 heteroatoms. The molecule has 3 heterocycles. The maximum absolute atomic E-state index is 6.01. The number of pyridine rings is 2. The summed E-state index contributed by atoms with van der Waals surface area (Å²) in [6, 6.07) is 31.8. The van der Waals surface area contributed by atoms with Crippen molar-refractivity contribution in [1.82, 2.24) is 19.5 Å². The van der Waals surface area contributed by atoms with E-state index < -0.39 is 0 Å². The number of hydrogen-bond acceptors (Lipinski definition) is 5. The molecule has 6 aromatic rings. The molecule has 6 nitrogen and oxygen atoms in total. The van der Waals surface area contributed by atoms with Crippen LogP contribution in [0.1, 0.15) is 6.92 Å². The summed E-state index contributed by atoms with van der Waals surface area (Å²) in [7, 11) is 1.64. The van der Waals surface area contributed by atoms with Gasteiger partial charge in [0.15, 0.2) is 5.65 Å². The topological polar surface area (TPSA) is 62.1 Å². The Kier molecular flexibility index (Phi) is 5.54. The van der Waals surface area contributed by atoms with Crippen LogP contribution < -0.4 is 9.47 Å². The Morgan fingerprint density at radius 1 is 0.694 bits per heavy atom. The van der Waals surface area contributed by atoms with Crippen molar-refractivity contribution in [2.45, 2.75) is 13.5 Å². The smallest absolute Gasteiger partial charge is 0.221 e. The van der Waals surface area contributed by atoms with Crippen molar-refractivity contribution >= 4 is 22.1 Å². The van der Waals surface area contributed by atoms with Crippen molar-refractivity contribution in [2.24, 2.45) is 0 Å². The Morgan fingerprint density at radius 3 is 2.28 bits per heavy atom. The van der Waals surface area contributed by atoms with Crippen molar-refractivity contribution in [3.05, 3.63) is 97.1 Å². The van der Waals surface area contributed by atoms with Crippen LogP contribution in [0.15, 0.2) is 97.1 Å². The van der Waals surface area contributed by atoms with Gasteiger partial charge in [-0.2, -0.15) is 4.98 Å². The number of nitrogens with zero attached hydrogens (tertiary/aromatic N) is 4. The number of fused-ring (bicyclic) bond motifs is 2. The molecular weight excluding hydrogens is 448 g/mol. The zero-order valence-corrected chi connectivity index (χ0v) is 20.1. The van der Waals surface area contributed by atoms with E-state index in [4.69, 9.17) is 24.4 Å². The third kappa shape index (κ3) is 3.92. The number of ether oxygens (including phenoxy) is 2. The molecule has 0 aliphatic heterocycles. The first-order valence-corrected chi connectivity index (χ1v) is 11.9. The fourth-order valence-corrected chi connectivity index (χ4v) is 4.43. The second-order valence-corrected chi connectivity index (χ2v) is 8.38. The number of rotatable bonds is 6. The normalized spacial score (nSPS) is 11.2. The Morgan fingerprint density at radius 2 is 1.50 bits per heavy atom. The van der Waals surface area contributed by atoms with E-state index in [1.54, 1.807) is 7.11 Å². The number of methoxy groups -OCH3 is 1. The van der Waals surface area contributed by atoms with Gasteiger partial charge in [0, 0.05) is 29.1 Å². The Labute approximate surface area is 208 Å². The highest BCUT2D eigenvalue weighted by Crippen LogP contribution is 2.32. The molecule has 0 amide bonds. The zero-order chi connectivity index (χ0) is 24.5. The quantitative estimate of drug-likeness (QED) is 0.258. The van der Waals surface area contributed by atoms with Gasteiger partial charge in [0.1, 0.15) is 22.8 Å². The highest BCUT2D eigenvalue weighted by Gasteiger charge is 2.17. The first-order chi connectivity index (χ1) is 17.7. The number of benzene rings is 3. The lowest BCUT2D eigenvalue weighted by molar-refractivity contribution is 0.412. The molecule has 0 fully saturated rings. The van der Waals surface area contributed by atoms with Gasteiger partial charge in [-0.3, -0.25) is 0 Å². The van der Waals surface area contributed by atoms with Gasteiger partial charge < -0.3 is 14.0 Å². The third-order valence-electron chi connectivity index (χ3n) is 6.21. The first kappa shape index (κ1) is 21.8. The third-order valence-corrected chi connectivity index (χ3v) is 6.21. The van der Waals surface area contributed by atoms with Crippen molar-refractivity contribution in [3.63, 3.8) is 0 Å². The lowest BCUT2D eigenvalue weighted by Crippen LogP contribution is -2.00. The van der Waals surface area contributed by atoms with Crippen molar-refractivity contribution in [2.75, 3.05) is 7.11 Å². The summed E-state index contributed by atoms with van der Waals surface area (Å²) in [6.07, 6.45) is 0. The summed E-state index contributed by atoms with van der Waals surface area (Å²) in [5, 5.41) is 1.05. The van der Waals surface area contributed by atoms with Gasteiger partial charge in [0.05, 0.1) is 18.3 Å². The molecule has 0 spiro atoms. The van der Waals surface area contributed by atoms with Gasteiger partial charge in [-0.1, -0.05) is 42.5 Å². The standard InChI is InChI=1S/C30H24N4O2/c1-3-34-29(24-10-7-11-26-23(24)16-17-25(31-26)20-8-5-4-6-9-20)32-27-18-19-28(33-30(27)34)36-22-14-12-21(35-2)13-15-22/h4-19H,3H2,1-2H3. The summed E-state index contributed by atoms with van der Waals surface area (Å²) >= 11 is 0. The number of imidazole rings is 1. The highest BCUT2D eigenvalue weighted by molar-refractivity contribution is 5.95. The Bertz CT molecular complexity index is 1680. The molecule has 3 aromatic carbocycles. The van der Waals surface area contributed by atoms with Gasteiger partial charge >= 0.3 is 0 Å². The van der Waals surface area contributed by atoms with Crippen molar-refractivity contribution in [3.8, 4) is 40.0 Å². The summed E-state index contributed by atoms with van der Waals surface area (Å²) in [4.78, 5) is 14.7. The van der Waals surface area contributed by atoms with Crippen molar-refractivity contribution in [1.29, 1.82) is 0 Å². The minimum absolute atomic E-state index is 0.515. The highest BCUT2D eigenvalue weighted by atomic mass is 16.5. The molecule has 0 atom stereocenters. The number of aromatic nitrogens is 4. The van der Waals surface area contributed by atoms with Crippen LogP contribution in [-0.4, -0.2) is 26.6 Å². The van der Waals surface area contributed by atoms with E-state index >= 15 is 0 Å². The van der Waals surface area contributed by atoms with Gasteiger partial charge in [0.25, 0.3) is 0 Å². The average Bonchev–Trinajstić information content (AvgIpc) is 3.31. The molecule has 0 saturated heterocycles. The van der Waals surface area contributed by atoms with E-state index in [0.29, 0.717) is 11.6 Å². The largest absolute Gasteiger partial charge is 0.497 e. The molecule has 6 rings (SSSR count). The maximum Gasteiger partial charge on any atom is 0.221 e. The molecule has 0 aliphatic carbocycles. The zero-order valence-electron chi connectivity index (χ0n) is 20.1. The Balaban J connectivity index is 1.41. The second kappa shape index (κ2) is 9.15. The fraction of sp³-hybridized carbons (Fsp3) is 0.100. The lowest BCUT2D eigenvalue weighted by Gasteiger charge is -2.10. The predicted molar refractivity (Wildman–Crippen MR) is 142 cm³/mol. The SMILES string of the molecule is CCn1c(-c2cccc3nc(-c4ccccc4)ccc23)nc2ccc(Oc3ccc(OC)cc3)nc21. The van der Waals surface area contributed by atoms with Crippen LogP contribution in [0.4, 0.5) is 0 Å². The van der Waals surface area contributed by atoms with Gasteiger partial charge in [0.2, 0.25) is 5.88 Å². The molecule has 3 aromatic heterocycles. The van der Waals surface area contributed by atoms with E-state index in [-0.39, 0.29) is 0 Å². The molecule has 0 aliphatic rings. The van der Waals surface area contributed by atoms with E-state index in [1.807, 2.05) is 66.7 Å². The van der Waals surface area contributed by atoms with E-state index in [2.05, 4.69) is 41.8 Å². The van der Waals surface area contributed by atoms with Crippen LogP contribution in [0.25, 0.3) is 44.7 Å². The molecule has 36 heavy (non-hydrogen) atoms. The monoisotopic (exact) mass is 472 g/mol. The second-order valence-electron chi connectivity index (χ2n) is 8.38. The van der Waals surface area contributed by atoms with Crippen LogP contribution >= 0.6 is 0 Å². The minimum Gasteiger partial charge on any atom is -0.497 e. The van der Waals surface area contributed by atoms with Gasteiger partial charge in [-0.15, -0.1) is 0 Å². The molecule has 0 saturated carbocycles. The lowest BCUT2D eigenvalue weighted by atomic mass is 10.1. The predicted octanol–water partition coefficient (Wildman–Crippen LogP) is 7.13. The molecule has 0 radical (unpaired) electrons. The maximum atomic E-state index is 6.01. The number of hydrogen-bond donors (Lipinski definition) is 0. The summed E-state index contributed by atoms with van der Waals surface area (Å²) < 4.78 is 13.4. The van der Waals surface area contributed by atoms with Crippen molar-refractivity contribution < 1.29 is 9.47 Å². The first-order valence-electron chi connectivity index (χ1n) is 11.9. The Hall–Kier alpha value is -4.71. The summed E-state index contributed by atoms with van der Waals surface area (Å²) in [5.41, 5.74) is 5.60. The average molecular weight is 473 g/mol. The van der Waals surface area contributed by atoms with E-state index in [1.165, 1.54) is 0 Å². The van der Waals surface area contributed by atoms with Gasteiger partial charge in [-0.25, -0.2) is 9.97 Å². The van der Waals surface area contributed by atoms with Crippen LogP contribution in [0.5, 0.6) is 17.4 Å². The van der Waals surface area contributed by atoms with E-state index in [9.17, 15) is 0 Å². The summed E-state index contributed by atoms with van der Waals surface area (Å²) in [5.74, 6) is 2.85. The van der Waals surface area contributed by atoms with E-state index in [0.717, 1.165) is 57.0 Å². The van der Waals surface area contributed by atoms with Crippen LogP contribution in [0, 0.1) is 0 Å². The van der Waals surface area contributed by atoms with Crippen LogP contribution in [0.2, 0.25) is 0 Å². The molecular formula is C30H24N4O2.